The molecule has 1 aromatic rings. The van der Waals surface area contributed by atoms with Crippen LogP contribution in [0.1, 0.15) is 0 Å². The van der Waals surface area contributed by atoms with Crippen LogP contribution < -0.4 is 0 Å². The second-order valence-corrected chi connectivity index (χ2v) is 7.34. The van der Waals surface area contributed by atoms with Gasteiger partial charge in [0.15, 0.2) is 0 Å². The minimum atomic E-state index is 1.34. The monoisotopic (exact) mass is 708 g/mol. The summed E-state index contributed by atoms with van der Waals surface area (Å²) < 4.78 is 6.80. The van der Waals surface area contributed by atoms with E-state index in [1.54, 1.807) is 0 Å². The van der Waals surface area contributed by atoms with E-state index in [2.05, 4.69) is 119 Å². The van der Waals surface area contributed by atoms with E-state index < -0.39 is 0 Å². The third-order valence-corrected chi connectivity index (χ3v) is 10.2. The summed E-state index contributed by atoms with van der Waals surface area (Å²) in [6.45, 7) is 0. The highest BCUT2D eigenvalue weighted by atomic mass is 127. The smallest absolute Gasteiger partial charge is 0.0418 e. The lowest BCUT2D eigenvalue weighted by Gasteiger charge is -2.04. The van der Waals surface area contributed by atoms with Gasteiger partial charge in [0.05, 0.1) is 0 Å². The van der Waals surface area contributed by atoms with Gasteiger partial charge >= 0.3 is 0 Å². The van der Waals surface area contributed by atoms with Gasteiger partial charge in [-0.15, -0.1) is 0 Å². The number of hydrogen-bond acceptors (Lipinski definition) is 0. The first-order chi connectivity index (χ1) is 5.04. The van der Waals surface area contributed by atoms with E-state index in [-0.39, 0.29) is 0 Å². The lowest BCUT2D eigenvalue weighted by Crippen LogP contribution is -1.92. The predicted molar refractivity (Wildman–Crippen MR) is 90.0 cm³/mol. The number of rotatable bonds is 0. The number of hydrogen-bond donors (Lipinski definition) is 0. The van der Waals surface area contributed by atoms with E-state index in [9.17, 15) is 0 Å². The Bertz CT molecular complexity index is 267. The van der Waals surface area contributed by atoms with Crippen molar-refractivity contribution in [2.75, 3.05) is 0 Å². The van der Waals surface area contributed by atoms with Crippen LogP contribution in [-0.2, 0) is 0 Å². The summed E-state index contributed by atoms with van der Waals surface area (Å²) in [6, 6.07) is 2.22. The molecule has 5 heteroatoms. The SMILES string of the molecule is Ic1cc(I)c(I)c(I)c1I. The molecule has 0 nitrogen and oxygen atoms in total. The first-order valence-electron chi connectivity index (χ1n) is 2.52. The Kier molecular flexibility index (Phi) is 5.53. The molecular formula is C6HI5. The van der Waals surface area contributed by atoms with Crippen molar-refractivity contribution >= 4 is 113 Å². The molecule has 0 atom stereocenters. The van der Waals surface area contributed by atoms with Gasteiger partial charge in [0.1, 0.15) is 0 Å². The summed E-state index contributed by atoms with van der Waals surface area (Å²) >= 11 is 11.9. The van der Waals surface area contributed by atoms with Crippen molar-refractivity contribution in [1.82, 2.24) is 0 Å². The highest BCUT2D eigenvalue weighted by Crippen LogP contribution is 2.29. The standard InChI is InChI=1S/C6HI5/c7-2-1-3(8)5(10)6(11)4(2)9/h1H. The second-order valence-electron chi connectivity index (χ2n) is 1.78. The molecule has 0 aliphatic heterocycles. The maximum atomic E-state index is 2.40. The molecule has 0 bridgehead atoms. The van der Waals surface area contributed by atoms with Gasteiger partial charge in [0.25, 0.3) is 0 Å². The molecule has 0 spiro atoms. The highest BCUT2D eigenvalue weighted by molar-refractivity contribution is 14.1. The van der Waals surface area contributed by atoms with E-state index in [1.165, 1.54) is 17.9 Å². The molecule has 0 unspecified atom stereocenters. The zero-order valence-electron chi connectivity index (χ0n) is 4.97. The van der Waals surface area contributed by atoms with Gasteiger partial charge in [0.2, 0.25) is 0 Å². The summed E-state index contributed by atoms with van der Waals surface area (Å²) in [6.07, 6.45) is 0. The quantitative estimate of drug-likeness (QED) is 0.209. The Morgan fingerprint density at radius 3 is 1.36 bits per heavy atom. The van der Waals surface area contributed by atoms with Crippen molar-refractivity contribution < 1.29 is 0 Å². The maximum Gasteiger partial charge on any atom is 0.0418 e. The third-order valence-electron chi connectivity index (χ3n) is 1.06. The van der Waals surface area contributed by atoms with E-state index in [1.807, 2.05) is 0 Å². The summed E-state index contributed by atoms with van der Waals surface area (Å²) in [7, 11) is 0. The number of benzene rings is 1. The van der Waals surface area contributed by atoms with Gasteiger partial charge in [-0.25, -0.2) is 0 Å². The Balaban J connectivity index is 3.46. The first kappa shape index (κ1) is 11.9. The molecule has 0 amide bonds. The van der Waals surface area contributed by atoms with Gasteiger partial charge in [0, 0.05) is 17.9 Å². The van der Waals surface area contributed by atoms with Crippen LogP contribution in [0.4, 0.5) is 0 Å². The van der Waals surface area contributed by atoms with Crippen LogP contribution in [0.3, 0.4) is 0 Å². The molecule has 0 radical (unpaired) electrons. The lowest BCUT2D eigenvalue weighted by atomic mass is 10.4. The van der Waals surface area contributed by atoms with Crippen LogP contribution in [0.25, 0.3) is 0 Å². The molecule has 0 heterocycles. The molecule has 1 rings (SSSR count). The van der Waals surface area contributed by atoms with Crippen LogP contribution in [-0.4, -0.2) is 0 Å². The third kappa shape index (κ3) is 2.91. The molecule has 0 aliphatic carbocycles. The summed E-state index contributed by atoms with van der Waals surface area (Å²) in [5, 5.41) is 0. The lowest BCUT2D eigenvalue weighted by molar-refractivity contribution is 1.44. The van der Waals surface area contributed by atoms with Crippen LogP contribution in [0.15, 0.2) is 6.07 Å². The minimum absolute atomic E-state index is 1.34. The normalized spacial score (nSPS) is 10.3. The highest BCUT2D eigenvalue weighted by Gasteiger charge is 2.08. The Hall–Kier alpha value is 2.87. The van der Waals surface area contributed by atoms with Crippen molar-refractivity contribution in [3.05, 3.63) is 23.9 Å². The van der Waals surface area contributed by atoms with Crippen LogP contribution in [0.5, 0.6) is 0 Å². The first-order valence-corrected chi connectivity index (χ1v) is 7.92. The van der Waals surface area contributed by atoms with E-state index in [4.69, 9.17) is 0 Å². The molecule has 60 valence electrons. The fourth-order valence-electron chi connectivity index (χ4n) is 0.544. The van der Waals surface area contributed by atoms with E-state index >= 15 is 0 Å². The van der Waals surface area contributed by atoms with Crippen molar-refractivity contribution in [2.45, 2.75) is 0 Å². The van der Waals surface area contributed by atoms with Crippen molar-refractivity contribution in [2.24, 2.45) is 0 Å². The topological polar surface area (TPSA) is 0 Å². The molecule has 1 aromatic carbocycles. The van der Waals surface area contributed by atoms with Gasteiger partial charge in [-0.3, -0.25) is 0 Å². The Labute approximate surface area is 134 Å². The van der Waals surface area contributed by atoms with Gasteiger partial charge in [-0.1, -0.05) is 0 Å². The minimum Gasteiger partial charge on any atom is -0.0431 e. The van der Waals surface area contributed by atoms with Crippen molar-refractivity contribution in [3.8, 4) is 0 Å². The molecule has 11 heavy (non-hydrogen) atoms. The fraction of sp³-hybridized carbons (Fsp3) is 0. The second kappa shape index (κ2) is 5.09. The summed E-state index contributed by atoms with van der Waals surface area (Å²) in [5.41, 5.74) is 0. The number of halogens is 5. The molecular weight excluding hydrogens is 707 g/mol. The molecule has 0 saturated carbocycles. The molecule has 0 aromatic heterocycles. The van der Waals surface area contributed by atoms with Gasteiger partial charge in [-0.2, -0.15) is 0 Å². The van der Waals surface area contributed by atoms with Crippen LogP contribution >= 0.6 is 113 Å². The zero-order chi connectivity index (χ0) is 8.59. The Morgan fingerprint density at radius 1 is 0.636 bits per heavy atom. The van der Waals surface area contributed by atoms with Crippen molar-refractivity contribution in [1.29, 1.82) is 0 Å². The van der Waals surface area contributed by atoms with E-state index in [0.29, 0.717) is 0 Å². The fourth-order valence-corrected chi connectivity index (χ4v) is 5.28. The Morgan fingerprint density at radius 2 is 1.00 bits per heavy atom. The molecule has 0 fully saturated rings. The largest absolute Gasteiger partial charge is 0.0431 e. The van der Waals surface area contributed by atoms with E-state index in [0.717, 1.165) is 0 Å². The molecule has 0 N–H and O–H groups in total. The van der Waals surface area contributed by atoms with Gasteiger partial charge in [-0.05, 0) is 119 Å². The zero-order valence-corrected chi connectivity index (χ0v) is 15.8. The van der Waals surface area contributed by atoms with Crippen molar-refractivity contribution in [3.63, 3.8) is 0 Å². The van der Waals surface area contributed by atoms with Gasteiger partial charge < -0.3 is 0 Å². The summed E-state index contributed by atoms with van der Waals surface area (Å²) in [5.74, 6) is 0. The van der Waals surface area contributed by atoms with Crippen LogP contribution in [0, 0.1) is 17.9 Å². The predicted octanol–water partition coefficient (Wildman–Crippen LogP) is 4.71. The average Bonchev–Trinajstić information content (AvgIpc) is 1.97. The molecule has 0 saturated heterocycles. The summed E-state index contributed by atoms with van der Waals surface area (Å²) in [4.78, 5) is 0. The maximum absolute atomic E-state index is 2.40. The van der Waals surface area contributed by atoms with Crippen LogP contribution in [0.2, 0.25) is 0 Å². The molecule has 0 aliphatic rings. The average molecular weight is 708 g/mol.